The number of nitrogens with zero attached hydrogens (tertiary/aromatic N) is 1. The highest BCUT2D eigenvalue weighted by molar-refractivity contribution is 5.72. The van der Waals surface area contributed by atoms with Gasteiger partial charge in [-0.25, -0.2) is 4.79 Å². The molecule has 2 aromatic rings. The maximum atomic E-state index is 11.1. The molecular formula is C18H21NO3. The van der Waals surface area contributed by atoms with Crippen LogP contribution in [0.4, 0.5) is 0 Å². The first kappa shape index (κ1) is 16.2. The molecule has 2 aromatic carbocycles. The molecule has 0 aliphatic rings. The second-order valence-electron chi connectivity index (χ2n) is 5.40. The molecule has 22 heavy (non-hydrogen) atoms. The van der Waals surface area contributed by atoms with Crippen LogP contribution in [0.2, 0.25) is 0 Å². The lowest BCUT2D eigenvalue weighted by Crippen LogP contribution is -2.44. The van der Waals surface area contributed by atoms with Crippen LogP contribution in [0.1, 0.15) is 18.1 Å². The van der Waals surface area contributed by atoms with Gasteiger partial charge in [0.05, 0.1) is 0 Å². The number of carbonyl (C=O) groups is 1. The fraction of sp³-hybridized carbons (Fsp3) is 0.278. The van der Waals surface area contributed by atoms with Gasteiger partial charge in [0.2, 0.25) is 0 Å². The van der Waals surface area contributed by atoms with Gasteiger partial charge in [0, 0.05) is 19.1 Å². The van der Waals surface area contributed by atoms with Gasteiger partial charge in [-0.05, 0) is 18.1 Å². The Bertz CT molecular complexity index is 544. The van der Waals surface area contributed by atoms with Crippen molar-refractivity contribution in [3.8, 4) is 0 Å². The normalized spacial score (nSPS) is 13.8. The zero-order valence-electron chi connectivity index (χ0n) is 12.6. The van der Waals surface area contributed by atoms with E-state index in [-0.39, 0.29) is 0 Å². The number of rotatable bonds is 7. The summed E-state index contributed by atoms with van der Waals surface area (Å²) in [5.74, 6) is -1.20. The highest BCUT2D eigenvalue weighted by Crippen LogP contribution is 2.15. The number of hydrogen-bond donors (Lipinski definition) is 2. The fourth-order valence-corrected chi connectivity index (χ4v) is 2.39. The highest BCUT2D eigenvalue weighted by Gasteiger charge is 2.27. The van der Waals surface area contributed by atoms with Crippen LogP contribution in [-0.2, 0) is 17.9 Å². The lowest BCUT2D eigenvalue weighted by molar-refractivity contribution is -0.150. The maximum Gasteiger partial charge on any atom is 0.334 e. The second kappa shape index (κ2) is 7.73. The molecule has 0 aromatic heterocycles. The van der Waals surface area contributed by atoms with Gasteiger partial charge < -0.3 is 10.2 Å². The summed E-state index contributed by atoms with van der Waals surface area (Å²) in [6, 6.07) is 19.2. The number of aliphatic hydroxyl groups excluding tert-OH is 1. The van der Waals surface area contributed by atoms with E-state index in [1.165, 1.54) is 0 Å². The average molecular weight is 299 g/mol. The summed E-state index contributed by atoms with van der Waals surface area (Å²) in [5.41, 5.74) is 2.17. The topological polar surface area (TPSA) is 60.8 Å². The number of carboxylic acids is 1. The smallest absolute Gasteiger partial charge is 0.334 e. The molecule has 1 unspecified atom stereocenters. The van der Waals surface area contributed by atoms with E-state index in [4.69, 9.17) is 5.11 Å². The minimum Gasteiger partial charge on any atom is -0.479 e. The Hall–Kier alpha value is -2.17. The minimum atomic E-state index is -1.41. The molecular weight excluding hydrogens is 278 g/mol. The first-order chi connectivity index (χ1) is 10.6. The Morgan fingerprint density at radius 3 is 1.73 bits per heavy atom. The Morgan fingerprint density at radius 1 is 0.955 bits per heavy atom. The number of aliphatic hydroxyl groups is 1. The standard InChI is InChI=1S/C18H21NO3/c1-14(17(20)18(21)22)19(12-15-8-4-2-5-9-15)13-16-10-6-3-7-11-16/h2-11,14,17,20H,12-13H2,1H3,(H,21,22)/t14?,17-/m0/s1. The second-order valence-corrected chi connectivity index (χ2v) is 5.40. The van der Waals surface area contributed by atoms with Gasteiger partial charge in [-0.15, -0.1) is 0 Å². The molecule has 0 fully saturated rings. The first-order valence-electron chi connectivity index (χ1n) is 7.30. The van der Waals surface area contributed by atoms with E-state index < -0.39 is 18.1 Å². The predicted octanol–water partition coefficient (Wildman–Crippen LogP) is 2.52. The van der Waals surface area contributed by atoms with E-state index in [1.807, 2.05) is 65.6 Å². The quantitative estimate of drug-likeness (QED) is 0.825. The van der Waals surface area contributed by atoms with E-state index >= 15 is 0 Å². The molecule has 0 saturated heterocycles. The lowest BCUT2D eigenvalue weighted by atomic mass is 10.1. The predicted molar refractivity (Wildman–Crippen MR) is 85.2 cm³/mol. The van der Waals surface area contributed by atoms with Crippen LogP contribution in [0.5, 0.6) is 0 Å². The molecule has 0 bridgehead atoms. The van der Waals surface area contributed by atoms with Crippen molar-refractivity contribution < 1.29 is 15.0 Å². The van der Waals surface area contributed by atoms with Gasteiger partial charge in [0.1, 0.15) is 0 Å². The SMILES string of the molecule is CC([C@H](O)C(=O)O)N(Cc1ccccc1)Cc1ccccc1. The average Bonchev–Trinajstić information content (AvgIpc) is 2.54. The van der Waals surface area contributed by atoms with Crippen molar-refractivity contribution in [3.63, 3.8) is 0 Å². The molecule has 0 heterocycles. The summed E-state index contributed by atoms with van der Waals surface area (Å²) in [4.78, 5) is 13.0. The van der Waals surface area contributed by atoms with Crippen LogP contribution in [0.3, 0.4) is 0 Å². The molecule has 0 amide bonds. The van der Waals surface area contributed by atoms with Crippen LogP contribution in [0.15, 0.2) is 60.7 Å². The summed E-state index contributed by atoms with van der Waals surface area (Å²) in [6.45, 7) is 2.91. The largest absolute Gasteiger partial charge is 0.479 e. The van der Waals surface area contributed by atoms with Crippen molar-refractivity contribution in [3.05, 3.63) is 71.8 Å². The van der Waals surface area contributed by atoms with Gasteiger partial charge >= 0.3 is 5.97 Å². The summed E-state index contributed by atoms with van der Waals surface area (Å²) in [5, 5.41) is 18.9. The molecule has 2 atom stereocenters. The zero-order chi connectivity index (χ0) is 15.9. The van der Waals surface area contributed by atoms with E-state index in [0.29, 0.717) is 13.1 Å². The Labute approximate surface area is 130 Å². The molecule has 2 N–H and O–H groups in total. The van der Waals surface area contributed by atoms with E-state index in [1.54, 1.807) is 6.92 Å². The molecule has 0 radical (unpaired) electrons. The van der Waals surface area contributed by atoms with E-state index in [9.17, 15) is 9.90 Å². The maximum absolute atomic E-state index is 11.1. The van der Waals surface area contributed by atoms with Gasteiger partial charge in [-0.2, -0.15) is 0 Å². The molecule has 2 rings (SSSR count). The molecule has 116 valence electrons. The third-order valence-electron chi connectivity index (χ3n) is 3.74. The number of benzene rings is 2. The summed E-state index contributed by atoms with van der Waals surface area (Å²) < 4.78 is 0. The van der Waals surface area contributed by atoms with Gasteiger partial charge in [-0.3, -0.25) is 4.90 Å². The Morgan fingerprint density at radius 2 is 1.36 bits per heavy atom. The van der Waals surface area contributed by atoms with Crippen molar-refractivity contribution >= 4 is 5.97 Å². The van der Waals surface area contributed by atoms with Crippen molar-refractivity contribution in [1.29, 1.82) is 0 Å². The van der Waals surface area contributed by atoms with E-state index in [2.05, 4.69) is 0 Å². The lowest BCUT2D eigenvalue weighted by Gasteiger charge is -2.31. The Kier molecular flexibility index (Phi) is 5.69. The molecule has 0 aliphatic heterocycles. The van der Waals surface area contributed by atoms with Crippen molar-refractivity contribution in [1.82, 2.24) is 4.90 Å². The molecule has 0 aliphatic carbocycles. The molecule has 0 spiro atoms. The van der Waals surface area contributed by atoms with Crippen LogP contribution in [0, 0.1) is 0 Å². The highest BCUT2D eigenvalue weighted by atomic mass is 16.4. The third kappa shape index (κ3) is 4.41. The van der Waals surface area contributed by atoms with Crippen LogP contribution >= 0.6 is 0 Å². The fourth-order valence-electron chi connectivity index (χ4n) is 2.39. The van der Waals surface area contributed by atoms with Crippen LogP contribution in [0.25, 0.3) is 0 Å². The van der Waals surface area contributed by atoms with Crippen LogP contribution in [-0.4, -0.2) is 33.2 Å². The molecule has 4 nitrogen and oxygen atoms in total. The van der Waals surface area contributed by atoms with Crippen molar-refractivity contribution in [2.45, 2.75) is 32.2 Å². The van der Waals surface area contributed by atoms with Crippen molar-refractivity contribution in [2.75, 3.05) is 0 Å². The molecule has 4 heteroatoms. The van der Waals surface area contributed by atoms with Gasteiger partial charge in [-0.1, -0.05) is 60.7 Å². The monoisotopic (exact) mass is 299 g/mol. The minimum absolute atomic E-state index is 0.488. The van der Waals surface area contributed by atoms with E-state index in [0.717, 1.165) is 11.1 Å². The summed E-state index contributed by atoms with van der Waals surface area (Å²) in [6.07, 6.45) is -1.41. The van der Waals surface area contributed by atoms with Crippen molar-refractivity contribution in [2.24, 2.45) is 0 Å². The summed E-state index contributed by atoms with van der Waals surface area (Å²) in [7, 11) is 0. The van der Waals surface area contributed by atoms with Crippen LogP contribution < -0.4 is 0 Å². The number of hydrogen-bond acceptors (Lipinski definition) is 3. The number of aliphatic carboxylic acids is 1. The van der Waals surface area contributed by atoms with Gasteiger partial charge in [0.25, 0.3) is 0 Å². The summed E-state index contributed by atoms with van der Waals surface area (Å²) >= 11 is 0. The zero-order valence-corrected chi connectivity index (χ0v) is 12.6. The third-order valence-corrected chi connectivity index (χ3v) is 3.74. The first-order valence-corrected chi connectivity index (χ1v) is 7.30. The Balaban J connectivity index is 2.18. The van der Waals surface area contributed by atoms with Gasteiger partial charge in [0.15, 0.2) is 6.10 Å². The molecule has 0 saturated carbocycles. The number of carboxylic acid groups (broad SMARTS) is 1.